The number of carbonyl (C=O) groups is 1. The quantitative estimate of drug-likeness (QED) is 0.407. The zero-order valence-corrected chi connectivity index (χ0v) is 22.1. The molecular weight excluding hydrogens is 531 g/mol. The average molecular weight is 556 g/mol. The summed E-state index contributed by atoms with van der Waals surface area (Å²) in [4.78, 5) is 13.2. The van der Waals surface area contributed by atoms with E-state index in [0.29, 0.717) is 17.0 Å². The Balaban J connectivity index is 1.91. The van der Waals surface area contributed by atoms with Crippen molar-refractivity contribution in [1.29, 1.82) is 0 Å². The van der Waals surface area contributed by atoms with Crippen molar-refractivity contribution in [2.75, 3.05) is 17.1 Å². The average Bonchev–Trinajstić information content (AvgIpc) is 2.81. The van der Waals surface area contributed by atoms with Gasteiger partial charge in [-0.3, -0.25) is 9.10 Å². The van der Waals surface area contributed by atoms with Crippen molar-refractivity contribution in [3.63, 3.8) is 0 Å². The molecule has 7 nitrogen and oxygen atoms in total. The topological polar surface area (TPSA) is 101 Å². The number of anilines is 1. The van der Waals surface area contributed by atoms with E-state index in [1.54, 1.807) is 30.3 Å². The molecule has 0 saturated heterocycles. The third-order valence-electron chi connectivity index (χ3n) is 5.25. The second-order valence-electron chi connectivity index (χ2n) is 7.79. The first-order valence-corrected chi connectivity index (χ1v) is 14.6. The summed E-state index contributed by atoms with van der Waals surface area (Å²) in [6.45, 7) is 1.32. The molecule has 0 aliphatic carbocycles. The third kappa shape index (κ3) is 6.55. The first-order valence-electron chi connectivity index (χ1n) is 10.6. The van der Waals surface area contributed by atoms with Crippen LogP contribution in [0.25, 0.3) is 0 Å². The van der Waals surface area contributed by atoms with Gasteiger partial charge in [-0.05, 0) is 54.4 Å². The van der Waals surface area contributed by atoms with Crippen LogP contribution in [0.5, 0.6) is 0 Å². The Morgan fingerprint density at radius 2 is 1.54 bits per heavy atom. The highest BCUT2D eigenvalue weighted by atomic mass is 35.5. The molecular formula is C24H24Cl2N2O5S2. The fraction of sp³-hybridized carbons (Fsp3) is 0.208. The van der Waals surface area contributed by atoms with E-state index in [9.17, 15) is 21.6 Å². The predicted molar refractivity (Wildman–Crippen MR) is 138 cm³/mol. The van der Waals surface area contributed by atoms with Gasteiger partial charge in [0.05, 0.1) is 26.5 Å². The van der Waals surface area contributed by atoms with Crippen molar-refractivity contribution in [1.82, 2.24) is 5.32 Å². The molecule has 0 saturated carbocycles. The lowest BCUT2D eigenvalue weighted by atomic mass is 10.0. The van der Waals surface area contributed by atoms with Gasteiger partial charge in [-0.15, -0.1) is 0 Å². The highest BCUT2D eigenvalue weighted by molar-refractivity contribution is 7.93. The van der Waals surface area contributed by atoms with E-state index in [2.05, 4.69) is 5.32 Å². The Bertz CT molecular complexity index is 1410. The van der Waals surface area contributed by atoms with Crippen molar-refractivity contribution in [2.24, 2.45) is 0 Å². The van der Waals surface area contributed by atoms with Crippen LogP contribution in [0.2, 0.25) is 10.0 Å². The summed E-state index contributed by atoms with van der Waals surface area (Å²) in [7, 11) is -7.49. The number of nitrogens with one attached hydrogen (secondary N) is 1. The molecule has 0 bridgehead atoms. The highest BCUT2D eigenvalue weighted by Gasteiger charge is 2.29. The molecule has 1 unspecified atom stereocenters. The van der Waals surface area contributed by atoms with Crippen molar-refractivity contribution in [3.8, 4) is 0 Å². The van der Waals surface area contributed by atoms with Crippen molar-refractivity contribution < 1.29 is 21.6 Å². The SMILES string of the molecule is CCC(NC(=O)CN(c1ccc(Cl)cc1Cl)S(=O)(=O)c1ccccc1)c1ccc(S(C)(=O)=O)cc1. The minimum absolute atomic E-state index is 0.00206. The second kappa shape index (κ2) is 11.0. The Hall–Kier alpha value is -2.59. The fourth-order valence-electron chi connectivity index (χ4n) is 3.44. The smallest absolute Gasteiger partial charge is 0.264 e. The van der Waals surface area contributed by atoms with Crippen LogP contribution in [-0.4, -0.2) is 35.5 Å². The van der Waals surface area contributed by atoms with E-state index >= 15 is 0 Å². The Kier molecular flexibility index (Phi) is 8.48. The molecule has 1 amide bonds. The van der Waals surface area contributed by atoms with Crippen molar-refractivity contribution >= 4 is 54.7 Å². The van der Waals surface area contributed by atoms with E-state index in [1.165, 1.54) is 42.5 Å². The number of sulfonamides is 1. The van der Waals surface area contributed by atoms with Crippen LogP contribution in [0.4, 0.5) is 5.69 Å². The maximum atomic E-state index is 13.5. The number of halogens is 2. The van der Waals surface area contributed by atoms with Crippen LogP contribution in [0.15, 0.2) is 82.6 Å². The number of amides is 1. The number of sulfone groups is 1. The van der Waals surface area contributed by atoms with E-state index < -0.39 is 38.4 Å². The minimum Gasteiger partial charge on any atom is -0.348 e. The molecule has 3 aromatic rings. The number of benzene rings is 3. The number of hydrogen-bond donors (Lipinski definition) is 1. The first-order chi connectivity index (χ1) is 16.4. The number of nitrogens with zero attached hydrogens (tertiary/aromatic N) is 1. The van der Waals surface area contributed by atoms with Gasteiger partial charge in [-0.25, -0.2) is 16.8 Å². The lowest BCUT2D eigenvalue weighted by molar-refractivity contribution is -0.120. The maximum absolute atomic E-state index is 13.5. The molecule has 0 radical (unpaired) electrons. The van der Waals surface area contributed by atoms with Gasteiger partial charge in [0.1, 0.15) is 6.54 Å². The molecule has 3 rings (SSSR count). The van der Waals surface area contributed by atoms with Crippen molar-refractivity contribution in [2.45, 2.75) is 29.2 Å². The molecule has 3 aromatic carbocycles. The molecule has 0 aliphatic heterocycles. The summed E-state index contributed by atoms with van der Waals surface area (Å²) in [6, 6.07) is 17.8. The minimum atomic E-state index is -4.14. The van der Waals surface area contributed by atoms with Gasteiger partial charge in [0.25, 0.3) is 10.0 Å². The van der Waals surface area contributed by atoms with Gasteiger partial charge in [0, 0.05) is 11.3 Å². The fourth-order valence-corrected chi connectivity index (χ4v) is 6.09. The van der Waals surface area contributed by atoms with Crippen LogP contribution in [0, 0.1) is 0 Å². The van der Waals surface area contributed by atoms with Gasteiger partial charge >= 0.3 is 0 Å². The monoisotopic (exact) mass is 554 g/mol. The Morgan fingerprint density at radius 3 is 2.09 bits per heavy atom. The third-order valence-corrected chi connectivity index (χ3v) is 8.69. The molecule has 0 spiro atoms. The molecule has 0 aromatic heterocycles. The van der Waals surface area contributed by atoms with E-state index in [0.717, 1.165) is 10.6 Å². The molecule has 1 atom stereocenters. The van der Waals surface area contributed by atoms with Gasteiger partial charge in [-0.1, -0.05) is 60.5 Å². The highest BCUT2D eigenvalue weighted by Crippen LogP contribution is 2.32. The normalized spacial score (nSPS) is 12.7. The Labute approximate surface area is 215 Å². The van der Waals surface area contributed by atoms with E-state index in [1.807, 2.05) is 6.92 Å². The lowest BCUT2D eigenvalue weighted by Gasteiger charge is -2.26. The molecule has 0 aliphatic rings. The summed E-state index contributed by atoms with van der Waals surface area (Å²) in [5, 5.41) is 3.23. The lowest BCUT2D eigenvalue weighted by Crippen LogP contribution is -2.42. The Morgan fingerprint density at radius 1 is 0.914 bits per heavy atom. The number of carbonyl (C=O) groups excluding carboxylic acids is 1. The number of hydrogen-bond acceptors (Lipinski definition) is 5. The summed E-state index contributed by atoms with van der Waals surface area (Å²) in [5.74, 6) is -0.561. The summed E-state index contributed by atoms with van der Waals surface area (Å²) in [5.41, 5.74) is 0.802. The summed E-state index contributed by atoms with van der Waals surface area (Å²) in [6.07, 6.45) is 1.61. The van der Waals surface area contributed by atoms with Crippen LogP contribution in [-0.2, 0) is 24.7 Å². The standard InChI is InChI=1S/C24H24Cl2N2O5S2/c1-3-22(17-9-12-19(13-10-17)34(2,30)31)27-24(29)16-28(23-14-11-18(25)15-21(23)26)35(32,33)20-7-5-4-6-8-20/h4-15,22H,3,16H2,1-2H3,(H,27,29). The van der Waals surface area contributed by atoms with E-state index in [-0.39, 0.29) is 20.5 Å². The predicted octanol–water partition coefficient (Wildman–Crippen LogP) is 4.86. The molecule has 11 heteroatoms. The van der Waals surface area contributed by atoms with Gasteiger partial charge in [0.2, 0.25) is 5.91 Å². The molecule has 0 heterocycles. The van der Waals surface area contributed by atoms with Crippen molar-refractivity contribution in [3.05, 3.63) is 88.4 Å². The zero-order chi connectivity index (χ0) is 25.8. The largest absolute Gasteiger partial charge is 0.348 e. The van der Waals surface area contributed by atoms with Gasteiger partial charge < -0.3 is 5.32 Å². The van der Waals surface area contributed by atoms with Gasteiger partial charge in [0.15, 0.2) is 9.84 Å². The molecule has 35 heavy (non-hydrogen) atoms. The molecule has 0 fully saturated rings. The van der Waals surface area contributed by atoms with Crippen LogP contribution >= 0.6 is 23.2 Å². The summed E-state index contributed by atoms with van der Waals surface area (Å²) >= 11 is 12.3. The number of rotatable bonds is 9. The first kappa shape index (κ1) is 27.0. The molecule has 186 valence electrons. The van der Waals surface area contributed by atoms with Crippen LogP contribution < -0.4 is 9.62 Å². The summed E-state index contributed by atoms with van der Waals surface area (Å²) < 4.78 is 51.3. The van der Waals surface area contributed by atoms with Gasteiger partial charge in [-0.2, -0.15) is 0 Å². The second-order valence-corrected chi connectivity index (χ2v) is 12.5. The maximum Gasteiger partial charge on any atom is 0.264 e. The molecule has 1 N–H and O–H groups in total. The van der Waals surface area contributed by atoms with E-state index in [4.69, 9.17) is 23.2 Å². The van der Waals surface area contributed by atoms with Crippen LogP contribution in [0.3, 0.4) is 0 Å². The van der Waals surface area contributed by atoms with Crippen LogP contribution in [0.1, 0.15) is 24.9 Å². The zero-order valence-electron chi connectivity index (χ0n) is 19.0.